The Balaban J connectivity index is 1.83. The average molecular weight is 378 g/mol. The van der Waals surface area contributed by atoms with E-state index in [4.69, 9.17) is 31.5 Å². The summed E-state index contributed by atoms with van der Waals surface area (Å²) in [5.41, 5.74) is 7.64. The Hall–Kier alpha value is -2.60. The molecule has 0 amide bonds. The summed E-state index contributed by atoms with van der Waals surface area (Å²) in [6.45, 7) is 3.04. The highest BCUT2D eigenvalue weighted by molar-refractivity contribution is 6.30. The summed E-state index contributed by atoms with van der Waals surface area (Å²) in [6, 6.07) is 11.0. The van der Waals surface area contributed by atoms with Crippen LogP contribution in [0.2, 0.25) is 5.02 Å². The predicted octanol–water partition coefficient (Wildman–Crippen LogP) is 3.86. The molecule has 3 N–H and O–H groups in total. The maximum atomic E-state index is 5.94. The summed E-state index contributed by atoms with van der Waals surface area (Å²) in [6.07, 6.45) is 0.736. The minimum Gasteiger partial charge on any atom is -0.497 e. The molecule has 7 heteroatoms. The van der Waals surface area contributed by atoms with Crippen LogP contribution in [-0.4, -0.2) is 33.3 Å². The molecule has 140 valence electrons. The lowest BCUT2D eigenvalue weighted by molar-refractivity contribution is 0.311. The Bertz CT molecular complexity index is 766. The third kappa shape index (κ3) is 5.74. The number of guanidine groups is 1. The fraction of sp³-hybridized carbons (Fsp3) is 0.316. The van der Waals surface area contributed by atoms with Crippen LogP contribution in [0.3, 0.4) is 0 Å². The van der Waals surface area contributed by atoms with Crippen LogP contribution in [0.1, 0.15) is 12.0 Å². The van der Waals surface area contributed by atoms with Crippen molar-refractivity contribution >= 4 is 23.2 Å². The van der Waals surface area contributed by atoms with Crippen molar-refractivity contribution in [3.63, 3.8) is 0 Å². The van der Waals surface area contributed by atoms with Gasteiger partial charge in [-0.1, -0.05) is 11.6 Å². The van der Waals surface area contributed by atoms with Gasteiger partial charge in [0.15, 0.2) is 5.96 Å². The lowest BCUT2D eigenvalue weighted by Gasteiger charge is -2.12. The number of anilines is 1. The minimum atomic E-state index is 0.305. The molecule has 0 bridgehead atoms. The van der Waals surface area contributed by atoms with Gasteiger partial charge in [0.05, 0.1) is 26.5 Å². The molecule has 26 heavy (non-hydrogen) atoms. The smallest absolute Gasteiger partial charge is 0.193 e. The molecule has 2 aromatic carbocycles. The van der Waals surface area contributed by atoms with Gasteiger partial charge in [0, 0.05) is 24.1 Å². The summed E-state index contributed by atoms with van der Waals surface area (Å²) < 4.78 is 16.2. The van der Waals surface area contributed by atoms with Gasteiger partial charge >= 0.3 is 0 Å². The maximum Gasteiger partial charge on any atom is 0.193 e. The summed E-state index contributed by atoms with van der Waals surface area (Å²) in [4.78, 5) is 4.30. The number of halogens is 1. The second-order valence-corrected chi connectivity index (χ2v) is 6.01. The fourth-order valence-corrected chi connectivity index (χ4v) is 2.54. The largest absolute Gasteiger partial charge is 0.497 e. The zero-order chi connectivity index (χ0) is 18.9. The number of ether oxygens (including phenoxy) is 3. The Morgan fingerprint density at radius 2 is 1.88 bits per heavy atom. The van der Waals surface area contributed by atoms with E-state index in [2.05, 4.69) is 10.3 Å². The summed E-state index contributed by atoms with van der Waals surface area (Å²) in [7, 11) is 3.20. The van der Waals surface area contributed by atoms with Crippen LogP contribution in [0.5, 0.6) is 17.2 Å². The van der Waals surface area contributed by atoms with Crippen LogP contribution in [-0.2, 0) is 0 Å². The van der Waals surface area contributed by atoms with Crippen molar-refractivity contribution in [2.75, 3.05) is 32.7 Å². The van der Waals surface area contributed by atoms with Gasteiger partial charge in [-0.3, -0.25) is 4.99 Å². The highest BCUT2D eigenvalue weighted by Gasteiger charge is 2.06. The third-order valence-corrected chi connectivity index (χ3v) is 3.88. The number of aryl methyl sites for hydroxylation is 1. The number of benzene rings is 2. The van der Waals surface area contributed by atoms with Crippen LogP contribution in [0.4, 0.5) is 5.69 Å². The van der Waals surface area contributed by atoms with E-state index in [0.29, 0.717) is 41.3 Å². The minimum absolute atomic E-state index is 0.305. The Morgan fingerprint density at radius 3 is 2.58 bits per heavy atom. The van der Waals surface area contributed by atoms with E-state index in [9.17, 15) is 0 Å². The van der Waals surface area contributed by atoms with Gasteiger partial charge < -0.3 is 25.3 Å². The molecule has 0 unspecified atom stereocenters. The molecule has 0 aromatic heterocycles. The number of nitrogens with two attached hydrogens (primary N) is 1. The number of hydrogen-bond donors (Lipinski definition) is 2. The summed E-state index contributed by atoms with van der Waals surface area (Å²) in [5, 5.41) is 3.73. The van der Waals surface area contributed by atoms with Crippen molar-refractivity contribution in [3.05, 3.63) is 47.0 Å². The molecule has 6 nitrogen and oxygen atoms in total. The van der Waals surface area contributed by atoms with Crippen molar-refractivity contribution < 1.29 is 14.2 Å². The summed E-state index contributed by atoms with van der Waals surface area (Å²) in [5.74, 6) is 2.49. The predicted molar refractivity (Wildman–Crippen MR) is 106 cm³/mol. The van der Waals surface area contributed by atoms with Crippen LogP contribution in [0.15, 0.2) is 41.4 Å². The lowest BCUT2D eigenvalue weighted by Crippen LogP contribution is -2.23. The van der Waals surface area contributed by atoms with E-state index in [-0.39, 0.29) is 0 Å². The van der Waals surface area contributed by atoms with Crippen molar-refractivity contribution in [2.45, 2.75) is 13.3 Å². The first-order valence-electron chi connectivity index (χ1n) is 8.21. The second kappa shape index (κ2) is 9.77. The van der Waals surface area contributed by atoms with Crippen LogP contribution in [0, 0.1) is 6.92 Å². The number of nitrogens with one attached hydrogen (secondary N) is 1. The number of rotatable bonds is 8. The molecule has 2 rings (SSSR count). The standard InChI is InChI=1S/C19H24ClN3O3/c1-13-11-14(20)5-7-17(13)26-10-4-9-22-19(21)23-16-12-15(24-2)6-8-18(16)25-3/h5-8,11-12H,4,9-10H2,1-3H3,(H3,21,22,23). The topological polar surface area (TPSA) is 78.1 Å². The van der Waals surface area contributed by atoms with Gasteiger partial charge in [-0.2, -0.15) is 0 Å². The number of aliphatic imine (C=N–C) groups is 1. The average Bonchev–Trinajstić information content (AvgIpc) is 2.63. The van der Waals surface area contributed by atoms with E-state index in [1.807, 2.05) is 31.2 Å². The molecular weight excluding hydrogens is 354 g/mol. The van der Waals surface area contributed by atoms with Gasteiger partial charge in [-0.05, 0) is 42.8 Å². The number of nitrogens with zero attached hydrogens (tertiary/aromatic N) is 1. The molecular formula is C19H24ClN3O3. The number of hydrogen-bond acceptors (Lipinski definition) is 4. The fourth-order valence-electron chi connectivity index (χ4n) is 2.31. The highest BCUT2D eigenvalue weighted by Crippen LogP contribution is 2.28. The quantitative estimate of drug-likeness (QED) is 0.415. The van der Waals surface area contributed by atoms with Crippen molar-refractivity contribution in [1.29, 1.82) is 0 Å². The normalized spacial score (nSPS) is 11.2. The zero-order valence-corrected chi connectivity index (χ0v) is 16.0. The second-order valence-electron chi connectivity index (χ2n) is 5.57. The van der Waals surface area contributed by atoms with Crippen molar-refractivity contribution in [3.8, 4) is 17.2 Å². The molecule has 0 aliphatic rings. The zero-order valence-electron chi connectivity index (χ0n) is 15.2. The molecule has 0 saturated carbocycles. The van der Waals surface area contributed by atoms with Gasteiger partial charge in [0.25, 0.3) is 0 Å². The number of methoxy groups -OCH3 is 2. The maximum absolute atomic E-state index is 5.94. The monoisotopic (exact) mass is 377 g/mol. The molecule has 0 spiro atoms. The Morgan fingerprint density at radius 1 is 1.12 bits per heavy atom. The first kappa shape index (κ1) is 19.7. The lowest BCUT2D eigenvalue weighted by atomic mass is 10.2. The highest BCUT2D eigenvalue weighted by atomic mass is 35.5. The molecule has 0 heterocycles. The van der Waals surface area contributed by atoms with Crippen molar-refractivity contribution in [2.24, 2.45) is 10.7 Å². The molecule has 0 atom stereocenters. The molecule has 0 fully saturated rings. The first-order valence-corrected chi connectivity index (χ1v) is 8.59. The molecule has 0 saturated heterocycles. The van der Waals surface area contributed by atoms with Crippen LogP contribution < -0.4 is 25.3 Å². The van der Waals surface area contributed by atoms with E-state index in [0.717, 1.165) is 17.7 Å². The van der Waals surface area contributed by atoms with Gasteiger partial charge in [-0.15, -0.1) is 0 Å². The first-order chi connectivity index (χ1) is 12.5. The van der Waals surface area contributed by atoms with E-state index < -0.39 is 0 Å². The van der Waals surface area contributed by atoms with Crippen molar-refractivity contribution in [1.82, 2.24) is 0 Å². The molecule has 2 aromatic rings. The van der Waals surface area contributed by atoms with Crippen LogP contribution >= 0.6 is 11.6 Å². The van der Waals surface area contributed by atoms with Crippen LogP contribution in [0.25, 0.3) is 0 Å². The molecule has 0 aliphatic carbocycles. The Labute approximate surface area is 158 Å². The van der Waals surface area contributed by atoms with Gasteiger partial charge in [0.1, 0.15) is 17.2 Å². The van der Waals surface area contributed by atoms with E-state index >= 15 is 0 Å². The Kier molecular flexibility index (Phi) is 7.41. The molecule has 0 radical (unpaired) electrons. The molecule has 0 aliphatic heterocycles. The summed E-state index contributed by atoms with van der Waals surface area (Å²) >= 11 is 5.93. The van der Waals surface area contributed by atoms with Gasteiger partial charge in [0.2, 0.25) is 0 Å². The van der Waals surface area contributed by atoms with E-state index in [1.165, 1.54) is 0 Å². The van der Waals surface area contributed by atoms with Gasteiger partial charge in [-0.25, -0.2) is 0 Å². The van der Waals surface area contributed by atoms with E-state index in [1.54, 1.807) is 26.4 Å². The SMILES string of the molecule is COc1ccc(OC)c(NC(N)=NCCCOc2ccc(Cl)cc2C)c1. The third-order valence-electron chi connectivity index (χ3n) is 3.65.